The van der Waals surface area contributed by atoms with Crippen LogP contribution in [0.1, 0.15) is 39.0 Å². The second-order valence-electron chi connectivity index (χ2n) is 4.90. The van der Waals surface area contributed by atoms with E-state index in [0.717, 1.165) is 0 Å². The molecule has 0 aliphatic rings. The Morgan fingerprint density at radius 3 is 2.23 bits per heavy atom. The number of ketones is 2. The summed E-state index contributed by atoms with van der Waals surface area (Å²) < 4.78 is 10.5. The fraction of sp³-hybridized carbons (Fsp3) is 0.111. The average Bonchev–Trinajstić information content (AvgIpc) is 3.25. The first-order valence-electron chi connectivity index (χ1n) is 6.95. The molecule has 0 spiro atoms. The summed E-state index contributed by atoms with van der Waals surface area (Å²) in [6.45, 7) is 0. The number of hydrogen-bond donors (Lipinski definition) is 0. The topological polar surface area (TPSA) is 60.4 Å². The summed E-state index contributed by atoms with van der Waals surface area (Å²) >= 11 is 0. The van der Waals surface area contributed by atoms with Gasteiger partial charge in [0.05, 0.1) is 18.4 Å². The monoisotopic (exact) mass is 294 g/mol. The van der Waals surface area contributed by atoms with Gasteiger partial charge in [-0.1, -0.05) is 30.3 Å². The number of hydrogen-bond acceptors (Lipinski definition) is 4. The summed E-state index contributed by atoms with van der Waals surface area (Å²) in [4.78, 5) is 25.0. The van der Waals surface area contributed by atoms with E-state index in [4.69, 9.17) is 8.83 Å². The van der Waals surface area contributed by atoms with Crippen LogP contribution in [0.5, 0.6) is 0 Å². The molecule has 0 bridgehead atoms. The minimum absolute atomic E-state index is 0.0387. The van der Waals surface area contributed by atoms with Gasteiger partial charge in [-0.25, -0.2) is 0 Å². The van der Waals surface area contributed by atoms with Gasteiger partial charge in [0.25, 0.3) is 0 Å². The van der Waals surface area contributed by atoms with E-state index in [1.807, 2.05) is 6.07 Å². The Kier molecular flexibility index (Phi) is 4.01. The van der Waals surface area contributed by atoms with Crippen LogP contribution >= 0.6 is 0 Å². The molecule has 0 fully saturated rings. The summed E-state index contributed by atoms with van der Waals surface area (Å²) in [5, 5.41) is 0. The molecule has 22 heavy (non-hydrogen) atoms. The lowest BCUT2D eigenvalue weighted by Gasteiger charge is -2.11. The first-order valence-corrected chi connectivity index (χ1v) is 6.95. The molecule has 2 heterocycles. The lowest BCUT2D eigenvalue weighted by Crippen LogP contribution is -2.16. The van der Waals surface area contributed by atoms with E-state index in [1.54, 1.807) is 48.5 Å². The van der Waals surface area contributed by atoms with Gasteiger partial charge in [-0.05, 0) is 24.3 Å². The molecule has 4 heteroatoms. The molecule has 1 unspecified atom stereocenters. The van der Waals surface area contributed by atoms with Crippen LogP contribution in [0.3, 0.4) is 0 Å². The predicted octanol–water partition coefficient (Wildman–Crippen LogP) is 4.11. The minimum Gasteiger partial charge on any atom is -0.469 e. The van der Waals surface area contributed by atoms with Gasteiger partial charge < -0.3 is 8.83 Å². The van der Waals surface area contributed by atoms with Gasteiger partial charge >= 0.3 is 0 Å². The zero-order chi connectivity index (χ0) is 15.4. The Balaban J connectivity index is 1.87. The summed E-state index contributed by atoms with van der Waals surface area (Å²) in [7, 11) is 0. The molecular weight excluding hydrogens is 280 g/mol. The lowest BCUT2D eigenvalue weighted by molar-refractivity contribution is 0.0865. The van der Waals surface area contributed by atoms with Crippen molar-refractivity contribution < 1.29 is 18.4 Å². The van der Waals surface area contributed by atoms with Crippen LogP contribution in [-0.4, -0.2) is 11.6 Å². The van der Waals surface area contributed by atoms with Gasteiger partial charge in [0.2, 0.25) is 5.78 Å². The zero-order valence-electron chi connectivity index (χ0n) is 11.8. The third-order valence-electron chi connectivity index (χ3n) is 3.45. The molecule has 0 N–H and O–H groups in total. The standard InChI is InChI=1S/C18H14O4/c19-15(13-6-2-1-3-7-13)12-14(16-8-4-10-21-16)18(20)17-9-5-11-22-17/h1-11,14H,12H2. The number of carbonyl (C=O) groups excluding carboxylic acids is 2. The quantitative estimate of drug-likeness (QED) is 0.642. The van der Waals surface area contributed by atoms with Crippen molar-refractivity contribution in [3.63, 3.8) is 0 Å². The fourth-order valence-electron chi connectivity index (χ4n) is 2.33. The third kappa shape index (κ3) is 2.91. The highest BCUT2D eigenvalue weighted by Crippen LogP contribution is 2.27. The van der Waals surface area contributed by atoms with Crippen molar-refractivity contribution in [2.75, 3.05) is 0 Å². The molecule has 0 radical (unpaired) electrons. The van der Waals surface area contributed by atoms with Gasteiger partial charge in [-0.15, -0.1) is 0 Å². The van der Waals surface area contributed by atoms with Crippen molar-refractivity contribution in [3.8, 4) is 0 Å². The Bertz CT molecular complexity index is 740. The van der Waals surface area contributed by atoms with Crippen LogP contribution in [0, 0.1) is 0 Å². The Morgan fingerprint density at radius 1 is 0.864 bits per heavy atom. The van der Waals surface area contributed by atoms with Crippen molar-refractivity contribution in [2.24, 2.45) is 0 Å². The second-order valence-corrected chi connectivity index (χ2v) is 4.90. The number of carbonyl (C=O) groups is 2. The maximum atomic E-state index is 12.6. The van der Waals surface area contributed by atoms with E-state index < -0.39 is 5.92 Å². The van der Waals surface area contributed by atoms with E-state index in [9.17, 15) is 9.59 Å². The Labute approximate surface area is 127 Å². The highest BCUT2D eigenvalue weighted by Gasteiger charge is 2.29. The summed E-state index contributed by atoms with van der Waals surface area (Å²) in [6, 6.07) is 15.5. The lowest BCUT2D eigenvalue weighted by atomic mass is 9.91. The highest BCUT2D eigenvalue weighted by molar-refractivity contribution is 6.04. The smallest absolute Gasteiger partial charge is 0.209 e. The molecule has 0 amide bonds. The van der Waals surface area contributed by atoms with Crippen molar-refractivity contribution in [1.82, 2.24) is 0 Å². The van der Waals surface area contributed by atoms with Crippen molar-refractivity contribution >= 4 is 11.6 Å². The van der Waals surface area contributed by atoms with E-state index in [1.165, 1.54) is 12.5 Å². The maximum absolute atomic E-state index is 12.6. The molecule has 110 valence electrons. The highest BCUT2D eigenvalue weighted by atomic mass is 16.3. The number of Topliss-reactive ketones (excluding diaryl/α,β-unsaturated/α-hetero) is 2. The minimum atomic E-state index is -0.686. The molecule has 3 rings (SSSR count). The first kappa shape index (κ1) is 14.1. The van der Waals surface area contributed by atoms with Crippen LogP contribution in [0.4, 0.5) is 0 Å². The third-order valence-corrected chi connectivity index (χ3v) is 3.45. The van der Waals surface area contributed by atoms with Crippen molar-refractivity contribution in [1.29, 1.82) is 0 Å². The Hall–Kier alpha value is -2.88. The van der Waals surface area contributed by atoms with Crippen LogP contribution < -0.4 is 0 Å². The summed E-state index contributed by atoms with van der Waals surface area (Å²) in [5.74, 6) is -0.368. The van der Waals surface area contributed by atoms with Gasteiger partial charge in [-0.3, -0.25) is 9.59 Å². The fourth-order valence-corrected chi connectivity index (χ4v) is 2.33. The van der Waals surface area contributed by atoms with Crippen molar-refractivity contribution in [2.45, 2.75) is 12.3 Å². The molecule has 1 aromatic carbocycles. The second kappa shape index (κ2) is 6.26. The summed E-state index contributed by atoms with van der Waals surface area (Å²) in [5.41, 5.74) is 0.575. The largest absolute Gasteiger partial charge is 0.469 e. The van der Waals surface area contributed by atoms with Crippen molar-refractivity contribution in [3.05, 3.63) is 84.2 Å². The molecule has 3 aromatic rings. The normalized spacial score (nSPS) is 12.0. The Morgan fingerprint density at radius 2 is 1.59 bits per heavy atom. The number of rotatable bonds is 6. The predicted molar refractivity (Wildman–Crippen MR) is 79.9 cm³/mol. The van der Waals surface area contributed by atoms with Crippen LogP contribution in [0.25, 0.3) is 0 Å². The number of furan rings is 2. The SMILES string of the molecule is O=C(CC(C(=O)c1ccco1)c1ccco1)c1ccccc1. The van der Waals surface area contributed by atoms with Crippen LogP contribution in [0.15, 0.2) is 76.0 Å². The molecule has 0 saturated carbocycles. The molecule has 0 aliphatic heterocycles. The molecular formula is C18H14O4. The van der Waals surface area contributed by atoms with Gasteiger partial charge in [0.1, 0.15) is 5.76 Å². The average molecular weight is 294 g/mol. The molecule has 4 nitrogen and oxygen atoms in total. The number of benzene rings is 1. The van der Waals surface area contributed by atoms with Gasteiger partial charge in [0, 0.05) is 12.0 Å². The zero-order valence-corrected chi connectivity index (χ0v) is 11.8. The maximum Gasteiger partial charge on any atom is 0.209 e. The molecule has 2 aromatic heterocycles. The van der Waals surface area contributed by atoms with Gasteiger partial charge in [0.15, 0.2) is 11.5 Å². The first-order chi connectivity index (χ1) is 10.8. The van der Waals surface area contributed by atoms with E-state index in [0.29, 0.717) is 11.3 Å². The van der Waals surface area contributed by atoms with E-state index in [2.05, 4.69) is 0 Å². The van der Waals surface area contributed by atoms with Crippen LogP contribution in [0.2, 0.25) is 0 Å². The van der Waals surface area contributed by atoms with Crippen LogP contribution in [-0.2, 0) is 0 Å². The van der Waals surface area contributed by atoms with E-state index >= 15 is 0 Å². The molecule has 0 saturated heterocycles. The van der Waals surface area contributed by atoms with E-state index in [-0.39, 0.29) is 23.7 Å². The van der Waals surface area contributed by atoms with Gasteiger partial charge in [-0.2, -0.15) is 0 Å². The summed E-state index contributed by atoms with van der Waals surface area (Å²) in [6.07, 6.45) is 2.97. The molecule has 1 atom stereocenters. The molecule has 0 aliphatic carbocycles.